The topological polar surface area (TPSA) is 98.1 Å². The van der Waals surface area contributed by atoms with Gasteiger partial charge < -0.3 is 15.3 Å². The number of benzene rings is 1. The maximum absolute atomic E-state index is 12.6. The molecule has 6 nitrogen and oxygen atoms in total. The molecule has 24 heavy (non-hydrogen) atoms. The van der Waals surface area contributed by atoms with Crippen molar-refractivity contribution >= 4 is 58.0 Å². The molecule has 0 aliphatic carbocycles. The summed E-state index contributed by atoms with van der Waals surface area (Å²) >= 11 is 7.65. The van der Waals surface area contributed by atoms with E-state index >= 15 is 0 Å². The number of amides is 1. The molecule has 1 atom stereocenters. The highest BCUT2D eigenvalue weighted by Crippen LogP contribution is 2.36. The van der Waals surface area contributed by atoms with Gasteiger partial charge in [0.15, 0.2) is 0 Å². The van der Waals surface area contributed by atoms with E-state index in [1.54, 1.807) is 0 Å². The summed E-state index contributed by atoms with van der Waals surface area (Å²) in [7, 11) is 0. The predicted octanol–water partition coefficient (Wildman–Crippen LogP) is 2.51. The molecule has 2 rings (SSSR count). The van der Waals surface area contributed by atoms with Crippen LogP contribution in [0.25, 0.3) is 6.08 Å². The summed E-state index contributed by atoms with van der Waals surface area (Å²) in [6.07, 6.45) is 3.58. The van der Waals surface area contributed by atoms with Crippen LogP contribution in [0.1, 0.15) is 12.0 Å². The lowest BCUT2D eigenvalue weighted by Gasteiger charge is -2.22. The third-order valence-electron chi connectivity index (χ3n) is 3.32. The van der Waals surface area contributed by atoms with E-state index in [0.29, 0.717) is 17.7 Å². The lowest BCUT2D eigenvalue weighted by Crippen LogP contribution is -2.44. The van der Waals surface area contributed by atoms with E-state index in [-0.39, 0.29) is 20.7 Å². The Kier molecular flexibility index (Phi) is 6.14. The molecule has 0 spiro atoms. The molecule has 0 bridgehead atoms. The number of phenolic OH excluding ortho intramolecular Hbond substituents is 2. The standard InChI is InChI=1S/C15H15NO5S3/c1-23-5-4-10(14(20)21)16-13(19)12(24-15(16)22)6-8-2-3-9(17)7-11(8)18/h2-3,6-7,10,17-18H,4-5H2,1H3,(H,20,21)/b12-6+/t10-/m1/s1. The van der Waals surface area contributed by atoms with Crippen molar-refractivity contribution in [3.63, 3.8) is 0 Å². The minimum atomic E-state index is -1.10. The van der Waals surface area contributed by atoms with E-state index < -0.39 is 17.9 Å². The van der Waals surface area contributed by atoms with E-state index in [0.717, 1.165) is 22.7 Å². The molecule has 128 valence electrons. The van der Waals surface area contributed by atoms with E-state index in [4.69, 9.17) is 12.2 Å². The first-order valence-corrected chi connectivity index (χ1v) is 9.47. The summed E-state index contributed by atoms with van der Waals surface area (Å²) in [4.78, 5) is 25.4. The van der Waals surface area contributed by atoms with Gasteiger partial charge in [-0.15, -0.1) is 0 Å². The minimum absolute atomic E-state index is 0.0970. The second-order valence-electron chi connectivity index (χ2n) is 4.93. The van der Waals surface area contributed by atoms with Gasteiger partial charge in [0.1, 0.15) is 21.9 Å². The molecular weight excluding hydrogens is 370 g/mol. The van der Waals surface area contributed by atoms with E-state index in [9.17, 15) is 24.9 Å². The number of carboxylic acids is 1. The number of thioether (sulfide) groups is 2. The molecule has 0 saturated carbocycles. The Labute approximate surface area is 152 Å². The van der Waals surface area contributed by atoms with Crippen LogP contribution in [-0.4, -0.2) is 54.5 Å². The Bertz CT molecular complexity index is 719. The van der Waals surface area contributed by atoms with Gasteiger partial charge in [-0.2, -0.15) is 11.8 Å². The van der Waals surface area contributed by atoms with Crippen LogP contribution in [0.15, 0.2) is 23.1 Å². The van der Waals surface area contributed by atoms with Gasteiger partial charge in [0.25, 0.3) is 5.91 Å². The Morgan fingerprint density at radius 3 is 2.75 bits per heavy atom. The maximum Gasteiger partial charge on any atom is 0.326 e. The molecule has 1 amide bonds. The number of phenols is 2. The Morgan fingerprint density at radius 2 is 2.17 bits per heavy atom. The van der Waals surface area contributed by atoms with Crippen LogP contribution in [0, 0.1) is 0 Å². The molecule has 1 saturated heterocycles. The minimum Gasteiger partial charge on any atom is -0.508 e. The van der Waals surface area contributed by atoms with Gasteiger partial charge in [0.2, 0.25) is 0 Å². The molecule has 0 radical (unpaired) electrons. The van der Waals surface area contributed by atoms with Gasteiger partial charge in [0, 0.05) is 11.6 Å². The number of hydrogen-bond donors (Lipinski definition) is 3. The lowest BCUT2D eigenvalue weighted by atomic mass is 10.1. The molecule has 1 fully saturated rings. The summed E-state index contributed by atoms with van der Waals surface area (Å²) in [5.41, 5.74) is 0.337. The van der Waals surface area contributed by atoms with E-state index in [1.165, 1.54) is 30.0 Å². The van der Waals surface area contributed by atoms with Crippen LogP contribution in [0.5, 0.6) is 11.5 Å². The monoisotopic (exact) mass is 385 g/mol. The van der Waals surface area contributed by atoms with Crippen LogP contribution in [0.4, 0.5) is 0 Å². The first-order chi connectivity index (χ1) is 11.3. The highest BCUT2D eigenvalue weighted by Gasteiger charge is 2.40. The summed E-state index contributed by atoms with van der Waals surface area (Å²) in [5.74, 6) is -1.29. The second kappa shape index (κ2) is 7.91. The summed E-state index contributed by atoms with van der Waals surface area (Å²) < 4.78 is 0.179. The summed E-state index contributed by atoms with van der Waals surface area (Å²) in [5, 5.41) is 28.5. The fraction of sp³-hybridized carbons (Fsp3) is 0.267. The predicted molar refractivity (Wildman–Crippen MR) is 99.2 cm³/mol. The first-order valence-electron chi connectivity index (χ1n) is 6.86. The van der Waals surface area contributed by atoms with Crippen molar-refractivity contribution < 1.29 is 24.9 Å². The molecule has 3 N–H and O–H groups in total. The number of rotatable bonds is 6. The van der Waals surface area contributed by atoms with Crippen LogP contribution >= 0.6 is 35.7 Å². The van der Waals surface area contributed by atoms with Gasteiger partial charge in [-0.3, -0.25) is 9.69 Å². The zero-order valence-electron chi connectivity index (χ0n) is 12.6. The maximum atomic E-state index is 12.6. The van der Waals surface area contributed by atoms with Crippen molar-refractivity contribution in [1.82, 2.24) is 4.90 Å². The van der Waals surface area contributed by atoms with Gasteiger partial charge in [-0.25, -0.2) is 4.79 Å². The molecule has 0 unspecified atom stereocenters. The molecule has 1 heterocycles. The Morgan fingerprint density at radius 1 is 1.46 bits per heavy atom. The number of nitrogens with zero attached hydrogens (tertiary/aromatic N) is 1. The smallest absolute Gasteiger partial charge is 0.326 e. The third-order valence-corrected chi connectivity index (χ3v) is 5.29. The average Bonchev–Trinajstić information content (AvgIpc) is 2.78. The number of carbonyl (C=O) groups excluding carboxylic acids is 1. The number of carbonyl (C=O) groups is 2. The SMILES string of the molecule is CSCC[C@H](C(=O)O)N1C(=O)/C(=C\c2ccc(O)cc2O)SC1=S. The fourth-order valence-electron chi connectivity index (χ4n) is 2.14. The molecule has 1 aliphatic heterocycles. The molecule has 0 aromatic heterocycles. The van der Waals surface area contributed by atoms with E-state index in [1.807, 2.05) is 6.26 Å². The Hall–Kier alpha value is -1.71. The first kappa shape index (κ1) is 18.6. The van der Waals surface area contributed by atoms with Crippen LogP contribution in [-0.2, 0) is 9.59 Å². The number of thiocarbonyl (C=S) groups is 1. The number of carboxylic acid groups (broad SMARTS) is 1. The lowest BCUT2D eigenvalue weighted by molar-refractivity contribution is -0.145. The van der Waals surface area contributed by atoms with Crippen LogP contribution < -0.4 is 0 Å². The summed E-state index contributed by atoms with van der Waals surface area (Å²) in [6.45, 7) is 0. The summed E-state index contributed by atoms with van der Waals surface area (Å²) in [6, 6.07) is 2.99. The zero-order valence-corrected chi connectivity index (χ0v) is 15.1. The number of hydrogen-bond acceptors (Lipinski definition) is 7. The van der Waals surface area contributed by atoms with E-state index in [2.05, 4.69) is 0 Å². The van der Waals surface area contributed by atoms with Crippen molar-refractivity contribution in [2.24, 2.45) is 0 Å². The molecular formula is C15H15NO5S3. The van der Waals surface area contributed by atoms with Gasteiger partial charge >= 0.3 is 5.97 Å². The molecule has 1 aromatic carbocycles. The van der Waals surface area contributed by atoms with Crippen molar-refractivity contribution in [3.05, 3.63) is 28.7 Å². The van der Waals surface area contributed by atoms with Crippen molar-refractivity contribution in [2.75, 3.05) is 12.0 Å². The molecule has 1 aromatic rings. The largest absolute Gasteiger partial charge is 0.508 e. The van der Waals surface area contributed by atoms with Gasteiger partial charge in [-0.1, -0.05) is 24.0 Å². The Balaban J connectivity index is 2.30. The van der Waals surface area contributed by atoms with Crippen molar-refractivity contribution in [2.45, 2.75) is 12.5 Å². The number of aliphatic carboxylic acids is 1. The normalized spacial score (nSPS) is 17.5. The highest BCUT2D eigenvalue weighted by atomic mass is 32.2. The van der Waals surface area contributed by atoms with Gasteiger partial charge in [-0.05, 0) is 36.6 Å². The van der Waals surface area contributed by atoms with Crippen molar-refractivity contribution in [1.29, 1.82) is 0 Å². The van der Waals surface area contributed by atoms with Crippen LogP contribution in [0.3, 0.4) is 0 Å². The fourth-order valence-corrected chi connectivity index (χ4v) is 3.94. The average molecular weight is 385 g/mol. The second-order valence-corrected chi connectivity index (χ2v) is 7.59. The third kappa shape index (κ3) is 4.03. The van der Waals surface area contributed by atoms with Crippen LogP contribution in [0.2, 0.25) is 0 Å². The molecule has 9 heteroatoms. The number of aromatic hydroxyl groups is 2. The van der Waals surface area contributed by atoms with Gasteiger partial charge in [0.05, 0.1) is 4.91 Å². The molecule has 1 aliphatic rings. The quantitative estimate of drug-likeness (QED) is 0.508. The zero-order chi connectivity index (χ0) is 17.9. The van der Waals surface area contributed by atoms with Crippen molar-refractivity contribution in [3.8, 4) is 11.5 Å². The highest BCUT2D eigenvalue weighted by molar-refractivity contribution is 8.26.